The highest BCUT2D eigenvalue weighted by Gasteiger charge is 2.11. The number of benzene rings is 1. The van der Waals surface area contributed by atoms with Crippen LogP contribution in [0.4, 0.5) is 0 Å². The van der Waals surface area contributed by atoms with E-state index >= 15 is 0 Å². The molecule has 0 saturated heterocycles. The fraction of sp³-hybridized carbons (Fsp3) is 0.200. The summed E-state index contributed by atoms with van der Waals surface area (Å²) < 4.78 is 6.13. The zero-order valence-electron chi connectivity index (χ0n) is 10.7. The lowest BCUT2D eigenvalue weighted by molar-refractivity contribution is 0.0586. The van der Waals surface area contributed by atoms with E-state index in [2.05, 4.69) is 4.74 Å². The van der Waals surface area contributed by atoms with Crippen LogP contribution in [0.5, 0.6) is 0 Å². The third-order valence-corrected chi connectivity index (χ3v) is 2.91. The number of hydrogen-bond donors (Lipinski definition) is 0. The Morgan fingerprint density at radius 2 is 1.84 bits per heavy atom. The first-order chi connectivity index (χ1) is 9.22. The third kappa shape index (κ3) is 3.10. The molecule has 0 unspecified atom stereocenters. The number of nitrogens with zero attached hydrogens (tertiary/aromatic N) is 1. The van der Waals surface area contributed by atoms with Gasteiger partial charge in [-0.15, -0.1) is 0 Å². The van der Waals surface area contributed by atoms with Gasteiger partial charge in [0, 0.05) is 12.6 Å². The number of rotatable bonds is 4. The van der Waals surface area contributed by atoms with Crippen molar-refractivity contribution >= 4 is 5.97 Å². The smallest absolute Gasteiger partial charge is 0.354 e. The van der Waals surface area contributed by atoms with Crippen molar-refractivity contribution in [2.24, 2.45) is 0 Å². The van der Waals surface area contributed by atoms with Gasteiger partial charge in [0.05, 0.1) is 7.11 Å². The van der Waals surface area contributed by atoms with Gasteiger partial charge in [0.1, 0.15) is 5.69 Å². The monoisotopic (exact) mass is 257 g/mol. The fourth-order valence-corrected chi connectivity index (χ4v) is 1.92. The molecule has 19 heavy (non-hydrogen) atoms. The van der Waals surface area contributed by atoms with E-state index in [-0.39, 0.29) is 11.3 Å². The number of esters is 1. The van der Waals surface area contributed by atoms with E-state index in [4.69, 9.17) is 0 Å². The highest BCUT2D eigenvalue weighted by atomic mass is 16.5. The van der Waals surface area contributed by atoms with Crippen LogP contribution in [0, 0.1) is 0 Å². The Bertz CT molecular complexity index is 617. The van der Waals surface area contributed by atoms with Crippen molar-refractivity contribution in [1.29, 1.82) is 0 Å². The Kier molecular flexibility index (Phi) is 4.13. The van der Waals surface area contributed by atoms with Crippen molar-refractivity contribution in [2.45, 2.75) is 13.0 Å². The normalized spacial score (nSPS) is 10.2. The average Bonchev–Trinajstić information content (AvgIpc) is 2.46. The van der Waals surface area contributed by atoms with Gasteiger partial charge in [-0.25, -0.2) is 4.79 Å². The molecular formula is C15H15NO3. The zero-order valence-corrected chi connectivity index (χ0v) is 10.7. The van der Waals surface area contributed by atoms with Crippen LogP contribution in [0.25, 0.3) is 0 Å². The van der Waals surface area contributed by atoms with Gasteiger partial charge in [0.25, 0.3) is 5.56 Å². The van der Waals surface area contributed by atoms with Gasteiger partial charge < -0.3 is 9.30 Å². The minimum absolute atomic E-state index is 0.196. The molecule has 0 aliphatic heterocycles. The van der Waals surface area contributed by atoms with Crippen LogP contribution in [0.3, 0.4) is 0 Å². The number of aromatic nitrogens is 1. The Hall–Kier alpha value is -2.36. The Balaban J connectivity index is 2.24. The number of aryl methyl sites for hydroxylation is 1. The lowest BCUT2D eigenvalue weighted by Crippen LogP contribution is -2.26. The molecule has 0 atom stereocenters. The highest BCUT2D eigenvalue weighted by molar-refractivity contribution is 5.87. The van der Waals surface area contributed by atoms with E-state index in [0.717, 1.165) is 5.56 Å². The molecule has 1 aromatic heterocycles. The molecule has 0 aliphatic rings. The SMILES string of the molecule is COC(=O)c1cccc(=O)n1CCc1ccccc1. The van der Waals surface area contributed by atoms with Crippen LogP contribution in [0.15, 0.2) is 53.3 Å². The Morgan fingerprint density at radius 3 is 2.53 bits per heavy atom. The molecule has 2 aromatic rings. The summed E-state index contributed by atoms with van der Waals surface area (Å²) in [6.45, 7) is 0.453. The van der Waals surface area contributed by atoms with Crippen LogP contribution in [0.1, 0.15) is 16.1 Å². The molecule has 98 valence electrons. The van der Waals surface area contributed by atoms with Crippen molar-refractivity contribution in [3.63, 3.8) is 0 Å². The van der Waals surface area contributed by atoms with Gasteiger partial charge in [-0.1, -0.05) is 36.4 Å². The van der Waals surface area contributed by atoms with E-state index in [1.165, 1.54) is 17.7 Å². The van der Waals surface area contributed by atoms with Crippen molar-refractivity contribution in [2.75, 3.05) is 7.11 Å². The largest absolute Gasteiger partial charge is 0.464 e. The summed E-state index contributed by atoms with van der Waals surface area (Å²) in [5, 5.41) is 0. The minimum atomic E-state index is -0.495. The molecule has 0 saturated carbocycles. The zero-order chi connectivity index (χ0) is 13.7. The van der Waals surface area contributed by atoms with E-state index in [1.54, 1.807) is 12.1 Å². The van der Waals surface area contributed by atoms with Gasteiger partial charge in [0.15, 0.2) is 0 Å². The summed E-state index contributed by atoms with van der Waals surface area (Å²) in [6, 6.07) is 14.4. The first kappa shape index (κ1) is 13.1. The topological polar surface area (TPSA) is 48.3 Å². The van der Waals surface area contributed by atoms with Gasteiger partial charge in [-0.3, -0.25) is 4.79 Å². The summed E-state index contributed by atoms with van der Waals surface area (Å²) in [5.74, 6) is -0.495. The van der Waals surface area contributed by atoms with Gasteiger partial charge in [0.2, 0.25) is 0 Å². The minimum Gasteiger partial charge on any atom is -0.464 e. The summed E-state index contributed by atoms with van der Waals surface area (Å²) in [5.41, 5.74) is 1.21. The van der Waals surface area contributed by atoms with Crippen molar-refractivity contribution in [3.8, 4) is 0 Å². The van der Waals surface area contributed by atoms with Crippen LogP contribution in [-0.2, 0) is 17.7 Å². The van der Waals surface area contributed by atoms with E-state index < -0.39 is 5.97 Å². The van der Waals surface area contributed by atoms with Gasteiger partial charge in [-0.2, -0.15) is 0 Å². The molecule has 4 nitrogen and oxygen atoms in total. The average molecular weight is 257 g/mol. The molecule has 0 bridgehead atoms. The third-order valence-electron chi connectivity index (χ3n) is 2.91. The van der Waals surface area contributed by atoms with Crippen molar-refractivity contribution in [3.05, 3.63) is 70.1 Å². The number of hydrogen-bond acceptors (Lipinski definition) is 3. The molecule has 0 aliphatic carbocycles. The van der Waals surface area contributed by atoms with E-state index in [0.29, 0.717) is 13.0 Å². The molecular weight excluding hydrogens is 242 g/mol. The second-order valence-electron chi connectivity index (χ2n) is 4.13. The predicted molar refractivity (Wildman–Crippen MR) is 72.2 cm³/mol. The summed E-state index contributed by atoms with van der Waals surface area (Å²) in [4.78, 5) is 23.5. The van der Waals surface area contributed by atoms with E-state index in [9.17, 15) is 9.59 Å². The molecule has 0 fully saturated rings. The summed E-state index contributed by atoms with van der Waals surface area (Å²) in [6.07, 6.45) is 0.689. The number of methoxy groups -OCH3 is 1. The van der Waals surface area contributed by atoms with Crippen molar-refractivity contribution in [1.82, 2.24) is 4.57 Å². The molecule has 0 amide bonds. The van der Waals surface area contributed by atoms with Gasteiger partial charge >= 0.3 is 5.97 Å². The van der Waals surface area contributed by atoms with E-state index in [1.807, 2.05) is 30.3 Å². The molecule has 0 spiro atoms. The summed E-state index contributed by atoms with van der Waals surface area (Å²) in [7, 11) is 1.31. The second kappa shape index (κ2) is 6.00. The molecule has 1 aromatic carbocycles. The highest BCUT2D eigenvalue weighted by Crippen LogP contribution is 2.04. The maximum absolute atomic E-state index is 11.8. The van der Waals surface area contributed by atoms with Crippen LogP contribution < -0.4 is 5.56 Å². The summed E-state index contributed by atoms with van der Waals surface area (Å²) >= 11 is 0. The lowest BCUT2D eigenvalue weighted by atomic mass is 10.1. The molecule has 0 radical (unpaired) electrons. The number of pyridine rings is 1. The lowest BCUT2D eigenvalue weighted by Gasteiger charge is -2.10. The molecule has 1 heterocycles. The molecule has 2 rings (SSSR count). The van der Waals surface area contributed by atoms with Crippen LogP contribution in [0.2, 0.25) is 0 Å². The number of carbonyl (C=O) groups is 1. The molecule has 0 N–H and O–H groups in total. The molecule has 4 heteroatoms. The number of ether oxygens (including phenoxy) is 1. The number of carbonyl (C=O) groups excluding carboxylic acids is 1. The maximum Gasteiger partial charge on any atom is 0.354 e. The second-order valence-corrected chi connectivity index (χ2v) is 4.13. The van der Waals surface area contributed by atoms with Crippen molar-refractivity contribution < 1.29 is 9.53 Å². The standard InChI is InChI=1S/C15H15NO3/c1-19-15(18)13-8-5-9-14(17)16(13)11-10-12-6-3-2-4-7-12/h2-9H,10-11H2,1H3. The first-order valence-corrected chi connectivity index (χ1v) is 6.04. The fourth-order valence-electron chi connectivity index (χ4n) is 1.92. The Labute approximate surface area is 111 Å². The quantitative estimate of drug-likeness (QED) is 0.786. The van der Waals surface area contributed by atoms with Gasteiger partial charge in [-0.05, 0) is 18.1 Å². The predicted octanol–water partition coefficient (Wildman–Crippen LogP) is 1.88. The van der Waals surface area contributed by atoms with Crippen LogP contribution in [-0.4, -0.2) is 17.6 Å². The van der Waals surface area contributed by atoms with Crippen LogP contribution >= 0.6 is 0 Å². The maximum atomic E-state index is 11.8. The Morgan fingerprint density at radius 1 is 1.11 bits per heavy atom. The first-order valence-electron chi connectivity index (χ1n) is 6.04.